The molecule has 1 saturated heterocycles. The van der Waals surface area contributed by atoms with Crippen LogP contribution in [0.5, 0.6) is 0 Å². The fourth-order valence-corrected chi connectivity index (χ4v) is 2.53. The zero-order chi connectivity index (χ0) is 12.1. The van der Waals surface area contributed by atoms with Gasteiger partial charge in [-0.1, -0.05) is 23.8 Å². The van der Waals surface area contributed by atoms with Gasteiger partial charge in [-0.05, 0) is 63.4 Å². The molecule has 1 aliphatic rings. The highest BCUT2D eigenvalue weighted by Crippen LogP contribution is 2.12. The first kappa shape index (κ1) is 12.6. The number of benzene rings is 1. The molecule has 2 rings (SSSR count). The molecule has 0 radical (unpaired) electrons. The lowest BCUT2D eigenvalue weighted by molar-refractivity contribution is 0.500. The van der Waals surface area contributed by atoms with Crippen LogP contribution in [0.1, 0.15) is 29.5 Å². The second-order valence-corrected chi connectivity index (χ2v) is 5.25. The lowest BCUT2D eigenvalue weighted by atomic mass is 10.0. The van der Waals surface area contributed by atoms with Crippen molar-refractivity contribution in [2.75, 3.05) is 19.6 Å². The van der Waals surface area contributed by atoms with E-state index in [0.29, 0.717) is 0 Å². The minimum Gasteiger partial charge on any atom is -0.316 e. The van der Waals surface area contributed by atoms with Gasteiger partial charge in [0.25, 0.3) is 0 Å². The maximum atomic E-state index is 3.56. The van der Waals surface area contributed by atoms with Crippen LogP contribution in [0.3, 0.4) is 0 Å². The molecule has 0 amide bonds. The Bertz CT molecular complexity index is 354. The van der Waals surface area contributed by atoms with Crippen molar-refractivity contribution in [3.63, 3.8) is 0 Å². The Kier molecular flexibility index (Phi) is 4.57. The van der Waals surface area contributed by atoms with E-state index in [1.165, 1.54) is 42.6 Å². The summed E-state index contributed by atoms with van der Waals surface area (Å²) >= 11 is 0. The van der Waals surface area contributed by atoms with Crippen molar-refractivity contribution in [3.05, 3.63) is 34.9 Å². The summed E-state index contributed by atoms with van der Waals surface area (Å²) in [5, 5.41) is 6.98. The molecule has 17 heavy (non-hydrogen) atoms. The van der Waals surface area contributed by atoms with Crippen molar-refractivity contribution in [1.82, 2.24) is 10.6 Å². The fourth-order valence-electron chi connectivity index (χ4n) is 2.53. The zero-order valence-corrected chi connectivity index (χ0v) is 11.1. The van der Waals surface area contributed by atoms with Crippen LogP contribution in [-0.4, -0.2) is 19.6 Å². The van der Waals surface area contributed by atoms with E-state index in [9.17, 15) is 0 Å². The standard InChI is InChI=1S/C15H24N2/c1-12-3-4-15(13(2)9-12)11-17-8-6-14-5-7-16-10-14/h3-4,9,14,16-17H,5-8,10-11H2,1-2H3. The summed E-state index contributed by atoms with van der Waals surface area (Å²) in [6.45, 7) is 8.92. The molecule has 0 aromatic heterocycles. The highest BCUT2D eigenvalue weighted by Gasteiger charge is 2.13. The van der Waals surface area contributed by atoms with Crippen LogP contribution in [0.15, 0.2) is 18.2 Å². The smallest absolute Gasteiger partial charge is 0.0208 e. The van der Waals surface area contributed by atoms with Gasteiger partial charge in [-0.2, -0.15) is 0 Å². The molecule has 0 aliphatic carbocycles. The highest BCUT2D eigenvalue weighted by atomic mass is 14.9. The molecule has 2 heteroatoms. The van der Waals surface area contributed by atoms with E-state index >= 15 is 0 Å². The average molecular weight is 232 g/mol. The molecule has 1 aliphatic heterocycles. The van der Waals surface area contributed by atoms with Gasteiger partial charge in [0.15, 0.2) is 0 Å². The van der Waals surface area contributed by atoms with E-state index in [4.69, 9.17) is 0 Å². The summed E-state index contributed by atoms with van der Waals surface area (Å²) < 4.78 is 0. The van der Waals surface area contributed by atoms with Gasteiger partial charge < -0.3 is 10.6 Å². The summed E-state index contributed by atoms with van der Waals surface area (Å²) in [7, 11) is 0. The first-order chi connectivity index (χ1) is 8.25. The van der Waals surface area contributed by atoms with Crippen LogP contribution < -0.4 is 10.6 Å². The molecule has 1 atom stereocenters. The van der Waals surface area contributed by atoms with Gasteiger partial charge in [0.2, 0.25) is 0 Å². The van der Waals surface area contributed by atoms with E-state index in [0.717, 1.165) is 19.0 Å². The summed E-state index contributed by atoms with van der Waals surface area (Å²) in [5.74, 6) is 0.890. The van der Waals surface area contributed by atoms with Crippen molar-refractivity contribution in [2.24, 2.45) is 5.92 Å². The first-order valence-corrected chi connectivity index (χ1v) is 6.73. The molecule has 0 bridgehead atoms. The van der Waals surface area contributed by atoms with E-state index in [1.807, 2.05) is 0 Å². The SMILES string of the molecule is Cc1ccc(CNCCC2CCNC2)c(C)c1. The van der Waals surface area contributed by atoms with E-state index < -0.39 is 0 Å². The summed E-state index contributed by atoms with van der Waals surface area (Å²) in [4.78, 5) is 0. The minimum atomic E-state index is 0.890. The van der Waals surface area contributed by atoms with Crippen LogP contribution in [0, 0.1) is 19.8 Å². The van der Waals surface area contributed by atoms with Crippen molar-refractivity contribution < 1.29 is 0 Å². The molecule has 2 nitrogen and oxygen atoms in total. The molecule has 2 N–H and O–H groups in total. The lowest BCUT2D eigenvalue weighted by Crippen LogP contribution is -2.19. The number of hydrogen-bond donors (Lipinski definition) is 2. The van der Waals surface area contributed by atoms with Crippen LogP contribution in [0.4, 0.5) is 0 Å². The second kappa shape index (κ2) is 6.18. The number of rotatable bonds is 5. The second-order valence-electron chi connectivity index (χ2n) is 5.25. The molecule has 94 valence electrons. The quantitative estimate of drug-likeness (QED) is 0.762. The predicted octanol–water partition coefficient (Wildman–Crippen LogP) is 2.39. The third-order valence-electron chi connectivity index (χ3n) is 3.71. The number of hydrogen-bond acceptors (Lipinski definition) is 2. The van der Waals surface area contributed by atoms with Crippen LogP contribution >= 0.6 is 0 Å². The lowest BCUT2D eigenvalue weighted by Gasteiger charge is -2.11. The van der Waals surface area contributed by atoms with Crippen molar-refractivity contribution in [2.45, 2.75) is 33.2 Å². The number of nitrogens with one attached hydrogen (secondary N) is 2. The summed E-state index contributed by atoms with van der Waals surface area (Å²) in [5.41, 5.74) is 4.18. The molecule has 0 saturated carbocycles. The van der Waals surface area contributed by atoms with E-state index in [2.05, 4.69) is 42.7 Å². The van der Waals surface area contributed by atoms with Gasteiger partial charge in [0.05, 0.1) is 0 Å². The third kappa shape index (κ3) is 3.83. The van der Waals surface area contributed by atoms with Gasteiger partial charge in [-0.25, -0.2) is 0 Å². The third-order valence-corrected chi connectivity index (χ3v) is 3.71. The number of aryl methyl sites for hydroxylation is 2. The molecular weight excluding hydrogens is 208 g/mol. The van der Waals surface area contributed by atoms with Gasteiger partial charge >= 0.3 is 0 Å². The van der Waals surface area contributed by atoms with E-state index in [1.54, 1.807) is 0 Å². The van der Waals surface area contributed by atoms with Gasteiger partial charge in [0, 0.05) is 6.54 Å². The largest absolute Gasteiger partial charge is 0.316 e. The maximum Gasteiger partial charge on any atom is 0.0208 e. The highest BCUT2D eigenvalue weighted by molar-refractivity contribution is 5.30. The van der Waals surface area contributed by atoms with Crippen LogP contribution in [-0.2, 0) is 6.54 Å². The Balaban J connectivity index is 1.70. The predicted molar refractivity (Wildman–Crippen MR) is 73.2 cm³/mol. The van der Waals surface area contributed by atoms with Gasteiger partial charge in [0.1, 0.15) is 0 Å². The molecule has 1 unspecified atom stereocenters. The summed E-state index contributed by atoms with van der Waals surface area (Å²) in [6.07, 6.45) is 2.66. The molecule has 1 aromatic rings. The minimum absolute atomic E-state index is 0.890. The Morgan fingerprint density at radius 2 is 2.24 bits per heavy atom. The first-order valence-electron chi connectivity index (χ1n) is 6.73. The van der Waals surface area contributed by atoms with Crippen molar-refractivity contribution >= 4 is 0 Å². The molecule has 0 spiro atoms. The van der Waals surface area contributed by atoms with Crippen molar-refractivity contribution in [3.8, 4) is 0 Å². The Morgan fingerprint density at radius 1 is 1.35 bits per heavy atom. The molecule has 1 heterocycles. The normalized spacial score (nSPS) is 19.8. The molecule has 1 fully saturated rings. The Labute approximate surface area is 105 Å². The van der Waals surface area contributed by atoms with Crippen LogP contribution in [0.25, 0.3) is 0 Å². The zero-order valence-electron chi connectivity index (χ0n) is 11.1. The molecular formula is C15H24N2. The Hall–Kier alpha value is -0.860. The summed E-state index contributed by atoms with van der Waals surface area (Å²) in [6, 6.07) is 6.71. The van der Waals surface area contributed by atoms with Crippen LogP contribution in [0.2, 0.25) is 0 Å². The monoisotopic (exact) mass is 232 g/mol. The van der Waals surface area contributed by atoms with Gasteiger partial charge in [-0.3, -0.25) is 0 Å². The van der Waals surface area contributed by atoms with E-state index in [-0.39, 0.29) is 0 Å². The topological polar surface area (TPSA) is 24.1 Å². The fraction of sp³-hybridized carbons (Fsp3) is 0.600. The average Bonchev–Trinajstić information content (AvgIpc) is 2.79. The maximum absolute atomic E-state index is 3.56. The van der Waals surface area contributed by atoms with Gasteiger partial charge in [-0.15, -0.1) is 0 Å². The molecule has 1 aromatic carbocycles. The van der Waals surface area contributed by atoms with Crippen molar-refractivity contribution in [1.29, 1.82) is 0 Å². The Morgan fingerprint density at radius 3 is 2.94 bits per heavy atom.